The standard InChI is InChI=1S/C21H24FN3O2S/c22-17-8-10-18(11-9-17)28-15-12-19(26)23-24-20(16-6-2-1-3-7-16)21(27)25-13-4-5-14-25/h1-3,6-11,20,24H,4-5,12-15H2,(H,23,26)/t20-/m0/s1. The molecular weight excluding hydrogens is 377 g/mol. The first-order valence-electron chi connectivity index (χ1n) is 9.40. The van der Waals surface area contributed by atoms with Gasteiger partial charge in [-0.05, 0) is 42.7 Å². The van der Waals surface area contributed by atoms with Crippen LogP contribution >= 0.6 is 11.8 Å². The molecular formula is C21H24FN3O2S. The van der Waals surface area contributed by atoms with Crippen LogP contribution in [-0.2, 0) is 9.59 Å². The number of carbonyl (C=O) groups excluding carboxylic acids is 2. The van der Waals surface area contributed by atoms with Crippen LogP contribution in [0.2, 0.25) is 0 Å². The Morgan fingerprint density at radius 2 is 1.71 bits per heavy atom. The molecule has 1 heterocycles. The summed E-state index contributed by atoms with van der Waals surface area (Å²) in [6, 6.07) is 15.0. The van der Waals surface area contributed by atoms with E-state index in [0.29, 0.717) is 5.75 Å². The lowest BCUT2D eigenvalue weighted by atomic mass is 10.1. The van der Waals surface area contributed by atoms with Crippen LogP contribution in [0.5, 0.6) is 0 Å². The number of hydrazine groups is 1. The Hall–Kier alpha value is -2.38. The highest BCUT2D eigenvalue weighted by molar-refractivity contribution is 7.99. The van der Waals surface area contributed by atoms with Crippen molar-refractivity contribution in [3.05, 3.63) is 66.0 Å². The number of rotatable bonds is 8. The lowest BCUT2D eigenvalue weighted by molar-refractivity contribution is -0.133. The van der Waals surface area contributed by atoms with E-state index in [1.807, 2.05) is 35.2 Å². The molecule has 0 radical (unpaired) electrons. The number of halogens is 1. The van der Waals surface area contributed by atoms with Crippen LogP contribution in [0.15, 0.2) is 59.5 Å². The molecule has 1 fully saturated rings. The Balaban J connectivity index is 1.51. The number of benzene rings is 2. The summed E-state index contributed by atoms with van der Waals surface area (Å²) in [7, 11) is 0. The zero-order chi connectivity index (χ0) is 19.8. The number of carbonyl (C=O) groups is 2. The molecule has 28 heavy (non-hydrogen) atoms. The smallest absolute Gasteiger partial charge is 0.246 e. The quantitative estimate of drug-likeness (QED) is 0.526. The fraction of sp³-hybridized carbons (Fsp3) is 0.333. The van der Waals surface area contributed by atoms with Crippen LogP contribution in [0.25, 0.3) is 0 Å². The number of hydrogen-bond donors (Lipinski definition) is 2. The zero-order valence-electron chi connectivity index (χ0n) is 15.6. The van der Waals surface area contributed by atoms with Crippen LogP contribution in [0.1, 0.15) is 30.9 Å². The highest BCUT2D eigenvalue weighted by Crippen LogP contribution is 2.20. The van der Waals surface area contributed by atoms with Crippen molar-refractivity contribution in [2.45, 2.75) is 30.2 Å². The van der Waals surface area contributed by atoms with Crippen molar-refractivity contribution in [1.82, 2.24) is 15.8 Å². The van der Waals surface area contributed by atoms with Gasteiger partial charge >= 0.3 is 0 Å². The lowest BCUT2D eigenvalue weighted by Gasteiger charge is -2.24. The molecule has 7 heteroatoms. The third-order valence-corrected chi connectivity index (χ3v) is 5.58. The van der Waals surface area contributed by atoms with E-state index in [1.165, 1.54) is 23.9 Å². The van der Waals surface area contributed by atoms with Gasteiger partial charge in [0.2, 0.25) is 11.8 Å². The highest BCUT2D eigenvalue weighted by atomic mass is 32.2. The summed E-state index contributed by atoms with van der Waals surface area (Å²) in [6.45, 7) is 1.51. The molecule has 3 rings (SSSR count). The summed E-state index contributed by atoms with van der Waals surface area (Å²) in [5.41, 5.74) is 6.41. The van der Waals surface area contributed by atoms with Gasteiger partial charge in [-0.15, -0.1) is 11.8 Å². The third kappa shape index (κ3) is 5.81. The van der Waals surface area contributed by atoms with Gasteiger partial charge in [-0.2, -0.15) is 0 Å². The van der Waals surface area contributed by atoms with Crippen molar-refractivity contribution in [3.63, 3.8) is 0 Å². The molecule has 1 aliphatic heterocycles. The van der Waals surface area contributed by atoms with Gasteiger partial charge < -0.3 is 4.90 Å². The molecule has 2 aromatic carbocycles. The number of likely N-dealkylation sites (tertiary alicyclic amines) is 1. The summed E-state index contributed by atoms with van der Waals surface area (Å²) < 4.78 is 12.9. The monoisotopic (exact) mass is 401 g/mol. The van der Waals surface area contributed by atoms with Crippen molar-refractivity contribution < 1.29 is 14.0 Å². The first kappa shape index (κ1) is 20.4. The molecule has 2 amide bonds. The molecule has 1 atom stereocenters. The lowest BCUT2D eigenvalue weighted by Crippen LogP contribution is -2.47. The number of amides is 2. The summed E-state index contributed by atoms with van der Waals surface area (Å²) >= 11 is 1.48. The second-order valence-electron chi connectivity index (χ2n) is 6.62. The third-order valence-electron chi connectivity index (χ3n) is 4.57. The van der Waals surface area contributed by atoms with E-state index in [0.717, 1.165) is 36.4 Å². The fourth-order valence-corrected chi connectivity index (χ4v) is 3.91. The fourth-order valence-electron chi connectivity index (χ4n) is 3.06. The van der Waals surface area contributed by atoms with E-state index in [9.17, 15) is 14.0 Å². The number of nitrogens with zero attached hydrogens (tertiary/aromatic N) is 1. The Labute approximate surface area is 168 Å². The van der Waals surface area contributed by atoms with Gasteiger partial charge in [0.1, 0.15) is 11.9 Å². The van der Waals surface area contributed by atoms with Gasteiger partial charge in [0.25, 0.3) is 0 Å². The van der Waals surface area contributed by atoms with E-state index < -0.39 is 6.04 Å². The van der Waals surface area contributed by atoms with Crippen molar-refractivity contribution in [1.29, 1.82) is 0 Å². The maximum absolute atomic E-state index is 12.9. The molecule has 0 spiro atoms. The van der Waals surface area contributed by atoms with E-state index in [4.69, 9.17) is 0 Å². The average Bonchev–Trinajstić information content (AvgIpc) is 3.25. The predicted molar refractivity (Wildman–Crippen MR) is 108 cm³/mol. The Kier molecular flexibility index (Phi) is 7.45. The van der Waals surface area contributed by atoms with Crippen molar-refractivity contribution >= 4 is 23.6 Å². The van der Waals surface area contributed by atoms with Crippen molar-refractivity contribution in [2.75, 3.05) is 18.8 Å². The topological polar surface area (TPSA) is 61.4 Å². The largest absolute Gasteiger partial charge is 0.341 e. The van der Waals surface area contributed by atoms with E-state index >= 15 is 0 Å². The highest BCUT2D eigenvalue weighted by Gasteiger charge is 2.27. The van der Waals surface area contributed by atoms with Crippen LogP contribution in [0.4, 0.5) is 4.39 Å². The van der Waals surface area contributed by atoms with Gasteiger partial charge in [-0.25, -0.2) is 9.82 Å². The minimum absolute atomic E-state index is 0.0234. The minimum atomic E-state index is -0.604. The number of nitrogens with one attached hydrogen (secondary N) is 2. The summed E-state index contributed by atoms with van der Waals surface area (Å²) in [4.78, 5) is 27.8. The SMILES string of the molecule is O=C(CCSc1ccc(F)cc1)NN[C@H](C(=O)N1CCCC1)c1ccccc1. The van der Waals surface area contributed by atoms with Crippen LogP contribution < -0.4 is 10.9 Å². The first-order valence-corrected chi connectivity index (χ1v) is 10.4. The Morgan fingerprint density at radius 3 is 2.39 bits per heavy atom. The normalized spacial score (nSPS) is 14.7. The Bertz CT molecular complexity index is 780. The van der Waals surface area contributed by atoms with Crippen LogP contribution in [0.3, 0.4) is 0 Å². The molecule has 0 saturated carbocycles. The second kappa shape index (κ2) is 10.2. The van der Waals surface area contributed by atoms with Gasteiger partial charge in [0.05, 0.1) is 0 Å². The van der Waals surface area contributed by atoms with Gasteiger partial charge in [0, 0.05) is 30.2 Å². The molecule has 148 valence electrons. The summed E-state index contributed by atoms with van der Waals surface area (Å²) in [6.07, 6.45) is 2.31. The van der Waals surface area contributed by atoms with Gasteiger partial charge in [-0.3, -0.25) is 15.0 Å². The molecule has 0 bridgehead atoms. The molecule has 5 nitrogen and oxygen atoms in total. The van der Waals surface area contributed by atoms with Crippen molar-refractivity contribution in [3.8, 4) is 0 Å². The average molecular weight is 402 g/mol. The minimum Gasteiger partial charge on any atom is -0.341 e. The van der Waals surface area contributed by atoms with E-state index in [1.54, 1.807) is 12.1 Å². The number of thioether (sulfide) groups is 1. The Morgan fingerprint density at radius 1 is 1.04 bits per heavy atom. The van der Waals surface area contributed by atoms with Crippen LogP contribution in [0, 0.1) is 5.82 Å². The molecule has 0 unspecified atom stereocenters. The first-order chi connectivity index (χ1) is 13.6. The maximum atomic E-state index is 12.9. The molecule has 2 aromatic rings. The molecule has 0 aromatic heterocycles. The molecule has 1 aliphatic rings. The zero-order valence-corrected chi connectivity index (χ0v) is 16.4. The maximum Gasteiger partial charge on any atom is 0.246 e. The number of hydrogen-bond acceptors (Lipinski definition) is 4. The molecule has 0 aliphatic carbocycles. The van der Waals surface area contributed by atoms with Gasteiger partial charge in [0.15, 0.2) is 0 Å². The van der Waals surface area contributed by atoms with Gasteiger partial charge in [-0.1, -0.05) is 30.3 Å². The van der Waals surface area contributed by atoms with Crippen molar-refractivity contribution in [2.24, 2.45) is 0 Å². The molecule has 1 saturated heterocycles. The van der Waals surface area contributed by atoms with E-state index in [2.05, 4.69) is 10.9 Å². The van der Waals surface area contributed by atoms with E-state index in [-0.39, 0.29) is 24.1 Å². The summed E-state index contributed by atoms with van der Waals surface area (Å²) in [5, 5.41) is 0. The molecule has 2 N–H and O–H groups in total. The van der Waals surface area contributed by atoms with Crippen LogP contribution in [-0.4, -0.2) is 35.6 Å². The second-order valence-corrected chi connectivity index (χ2v) is 7.79. The predicted octanol–water partition coefficient (Wildman–Crippen LogP) is 3.29. The summed E-state index contributed by atoms with van der Waals surface area (Å²) in [5.74, 6) is 0.0743.